The zero-order chi connectivity index (χ0) is 20.9. The van der Waals surface area contributed by atoms with Crippen LogP contribution >= 0.6 is 0 Å². The van der Waals surface area contributed by atoms with Crippen LogP contribution in [0.5, 0.6) is 0 Å². The lowest BCUT2D eigenvalue weighted by molar-refractivity contribution is -0.331. The summed E-state index contributed by atoms with van der Waals surface area (Å²) < 4.78 is 38.5. The molecule has 0 unspecified atom stereocenters. The normalized spacial score (nSPS) is 32.9. The van der Waals surface area contributed by atoms with Gasteiger partial charge in [0.25, 0.3) is 0 Å². The van der Waals surface area contributed by atoms with Crippen molar-refractivity contribution in [1.29, 1.82) is 0 Å². The number of carbonyl (C=O) groups excluding carboxylic acids is 2. The minimum atomic E-state index is -1.01. The van der Waals surface area contributed by atoms with E-state index in [0.29, 0.717) is 13.0 Å². The number of methoxy groups -OCH3 is 4. The standard InChI is InChI=1S/C18H31NO9/c1-18(2)11(7-10(23-4)8-22-3)28-13-12(14(18)24-5)26-9-27-16(13)19-15(20)17(21)25-6/h10-14,16H,7-9H2,1-6H3,(H,19,20)/t10-,11+,12-,13-,14+,16-/m0/s1. The molecule has 0 aromatic heterocycles. The lowest BCUT2D eigenvalue weighted by Crippen LogP contribution is -2.68. The first-order chi connectivity index (χ1) is 13.3. The molecule has 0 aliphatic carbocycles. The second kappa shape index (κ2) is 9.95. The third-order valence-corrected chi connectivity index (χ3v) is 5.37. The summed E-state index contributed by atoms with van der Waals surface area (Å²) in [4.78, 5) is 23.4. The SMILES string of the molecule is COC[C@H](C[C@H]1O[C@H]2[C@H](OCO[C@@H]2NC(=O)C(=O)OC)[C@@H](OC)C1(C)C)OC. The maximum atomic E-state index is 12.0. The van der Waals surface area contributed by atoms with Crippen molar-refractivity contribution in [3.05, 3.63) is 0 Å². The zero-order valence-electron chi connectivity index (χ0n) is 17.3. The molecule has 162 valence electrons. The molecule has 0 aromatic rings. The second-order valence-electron chi connectivity index (χ2n) is 7.42. The Hall–Kier alpha value is -1.30. The highest BCUT2D eigenvalue weighted by Gasteiger charge is 2.56. The van der Waals surface area contributed by atoms with E-state index in [-0.39, 0.29) is 25.1 Å². The predicted molar refractivity (Wildman–Crippen MR) is 95.3 cm³/mol. The van der Waals surface area contributed by atoms with E-state index in [1.807, 2.05) is 13.8 Å². The van der Waals surface area contributed by atoms with Crippen molar-refractivity contribution in [1.82, 2.24) is 5.32 Å². The average molecular weight is 405 g/mol. The van der Waals surface area contributed by atoms with Gasteiger partial charge >= 0.3 is 11.9 Å². The number of hydrogen-bond donors (Lipinski definition) is 1. The Morgan fingerprint density at radius 2 is 1.86 bits per heavy atom. The van der Waals surface area contributed by atoms with Gasteiger partial charge in [-0.15, -0.1) is 0 Å². The Balaban J connectivity index is 2.23. The number of esters is 1. The van der Waals surface area contributed by atoms with Gasteiger partial charge in [0.2, 0.25) is 0 Å². The first kappa shape index (κ1) is 23.0. The van der Waals surface area contributed by atoms with Crippen molar-refractivity contribution in [2.75, 3.05) is 41.8 Å². The molecule has 0 spiro atoms. The highest BCUT2D eigenvalue weighted by Crippen LogP contribution is 2.43. The van der Waals surface area contributed by atoms with Gasteiger partial charge in [-0.2, -0.15) is 0 Å². The molecule has 2 aliphatic heterocycles. The summed E-state index contributed by atoms with van der Waals surface area (Å²) in [6, 6.07) is 0. The molecule has 0 saturated carbocycles. The Kier molecular flexibility index (Phi) is 8.17. The number of nitrogens with one attached hydrogen (secondary N) is 1. The quantitative estimate of drug-likeness (QED) is 0.456. The molecule has 10 nitrogen and oxygen atoms in total. The minimum Gasteiger partial charge on any atom is -0.462 e. The van der Waals surface area contributed by atoms with Gasteiger partial charge in [0.1, 0.15) is 19.0 Å². The molecular weight excluding hydrogens is 374 g/mol. The number of hydrogen-bond acceptors (Lipinski definition) is 9. The largest absolute Gasteiger partial charge is 0.462 e. The topological polar surface area (TPSA) is 111 Å². The molecule has 1 N–H and O–H groups in total. The predicted octanol–water partition coefficient (Wildman–Crippen LogP) is -0.165. The average Bonchev–Trinajstić information content (AvgIpc) is 2.67. The van der Waals surface area contributed by atoms with Gasteiger partial charge in [-0.05, 0) is 0 Å². The fraction of sp³-hybridized carbons (Fsp3) is 0.889. The zero-order valence-corrected chi connectivity index (χ0v) is 17.3. The molecule has 0 bridgehead atoms. The Morgan fingerprint density at radius 1 is 1.14 bits per heavy atom. The summed E-state index contributed by atoms with van der Waals surface area (Å²) in [5.74, 6) is -1.93. The van der Waals surface area contributed by atoms with Crippen molar-refractivity contribution in [3.8, 4) is 0 Å². The third-order valence-electron chi connectivity index (χ3n) is 5.37. The van der Waals surface area contributed by atoms with Gasteiger partial charge in [-0.3, -0.25) is 4.79 Å². The van der Waals surface area contributed by atoms with Crippen LogP contribution in [0.3, 0.4) is 0 Å². The van der Waals surface area contributed by atoms with E-state index in [0.717, 1.165) is 7.11 Å². The molecule has 28 heavy (non-hydrogen) atoms. The van der Waals surface area contributed by atoms with Crippen molar-refractivity contribution in [2.45, 2.75) is 57.0 Å². The molecular formula is C18H31NO9. The Labute approximate surface area is 165 Å². The Bertz CT molecular complexity index is 541. The summed E-state index contributed by atoms with van der Waals surface area (Å²) in [6.45, 7) is 4.40. The van der Waals surface area contributed by atoms with Gasteiger partial charge in [0.05, 0.1) is 32.0 Å². The fourth-order valence-corrected chi connectivity index (χ4v) is 3.79. The molecule has 1 amide bonds. The minimum absolute atomic E-state index is 0.0678. The van der Waals surface area contributed by atoms with Crippen LogP contribution in [0.4, 0.5) is 0 Å². The number of rotatable bonds is 7. The van der Waals surface area contributed by atoms with Gasteiger partial charge in [-0.25, -0.2) is 4.79 Å². The molecule has 2 rings (SSSR count). The van der Waals surface area contributed by atoms with Crippen LogP contribution in [0.2, 0.25) is 0 Å². The second-order valence-corrected chi connectivity index (χ2v) is 7.42. The number of amides is 1. The van der Waals surface area contributed by atoms with Crippen LogP contribution in [-0.2, 0) is 42.7 Å². The van der Waals surface area contributed by atoms with Crippen molar-refractivity contribution < 1.29 is 42.7 Å². The summed E-state index contributed by atoms with van der Waals surface area (Å²) in [6.07, 6.45) is -2.33. The Morgan fingerprint density at radius 3 is 2.43 bits per heavy atom. The van der Waals surface area contributed by atoms with E-state index in [1.165, 1.54) is 0 Å². The highest BCUT2D eigenvalue weighted by molar-refractivity contribution is 6.32. The van der Waals surface area contributed by atoms with Gasteiger partial charge < -0.3 is 38.5 Å². The molecule has 10 heteroatoms. The van der Waals surface area contributed by atoms with Crippen molar-refractivity contribution in [2.24, 2.45) is 5.41 Å². The lowest BCUT2D eigenvalue weighted by Gasteiger charge is -2.54. The van der Waals surface area contributed by atoms with E-state index >= 15 is 0 Å². The molecule has 2 heterocycles. The fourth-order valence-electron chi connectivity index (χ4n) is 3.79. The van der Waals surface area contributed by atoms with E-state index in [9.17, 15) is 9.59 Å². The summed E-state index contributed by atoms with van der Waals surface area (Å²) in [7, 11) is 5.96. The lowest BCUT2D eigenvalue weighted by atomic mass is 9.72. The van der Waals surface area contributed by atoms with Crippen LogP contribution in [0.1, 0.15) is 20.3 Å². The van der Waals surface area contributed by atoms with E-state index in [4.69, 9.17) is 28.4 Å². The van der Waals surface area contributed by atoms with Crippen molar-refractivity contribution >= 4 is 11.9 Å². The summed E-state index contributed by atoms with van der Waals surface area (Å²) >= 11 is 0. The molecule has 2 fully saturated rings. The van der Waals surface area contributed by atoms with Gasteiger partial charge in [-0.1, -0.05) is 13.8 Å². The molecule has 6 atom stereocenters. The molecule has 0 aromatic carbocycles. The van der Waals surface area contributed by atoms with Gasteiger partial charge in [0, 0.05) is 33.2 Å². The summed E-state index contributed by atoms with van der Waals surface area (Å²) in [5, 5.41) is 2.50. The van der Waals surface area contributed by atoms with E-state index < -0.39 is 35.7 Å². The molecule has 2 aliphatic rings. The molecule has 0 radical (unpaired) electrons. The van der Waals surface area contributed by atoms with Crippen LogP contribution < -0.4 is 5.32 Å². The maximum Gasteiger partial charge on any atom is 0.396 e. The molecule has 2 saturated heterocycles. The third kappa shape index (κ3) is 4.81. The first-order valence-electron chi connectivity index (χ1n) is 9.12. The van der Waals surface area contributed by atoms with Crippen LogP contribution in [0.15, 0.2) is 0 Å². The van der Waals surface area contributed by atoms with E-state index in [1.54, 1.807) is 21.3 Å². The smallest absolute Gasteiger partial charge is 0.396 e. The van der Waals surface area contributed by atoms with E-state index in [2.05, 4.69) is 10.1 Å². The van der Waals surface area contributed by atoms with Crippen LogP contribution in [0.25, 0.3) is 0 Å². The monoisotopic (exact) mass is 405 g/mol. The number of carbonyl (C=O) groups is 2. The van der Waals surface area contributed by atoms with Crippen LogP contribution in [0, 0.1) is 5.41 Å². The maximum absolute atomic E-state index is 12.0. The first-order valence-corrected chi connectivity index (χ1v) is 9.12. The summed E-state index contributed by atoms with van der Waals surface area (Å²) in [5.41, 5.74) is -0.422. The highest BCUT2D eigenvalue weighted by atomic mass is 16.7. The van der Waals surface area contributed by atoms with Gasteiger partial charge in [0.15, 0.2) is 6.23 Å². The number of fused-ring (bicyclic) bond motifs is 1. The van der Waals surface area contributed by atoms with Crippen LogP contribution in [-0.4, -0.2) is 90.5 Å². The van der Waals surface area contributed by atoms with Crippen molar-refractivity contribution in [3.63, 3.8) is 0 Å². The number of ether oxygens (including phenoxy) is 7.